The van der Waals surface area contributed by atoms with Gasteiger partial charge in [0.05, 0.1) is 17.9 Å². The highest BCUT2D eigenvalue weighted by molar-refractivity contribution is 5.98. The van der Waals surface area contributed by atoms with E-state index in [-0.39, 0.29) is 18.2 Å². The Morgan fingerprint density at radius 2 is 1.97 bits per heavy atom. The molecule has 0 fully saturated rings. The van der Waals surface area contributed by atoms with E-state index in [1.54, 1.807) is 19.4 Å². The van der Waals surface area contributed by atoms with Gasteiger partial charge in [0.25, 0.3) is 5.89 Å². The van der Waals surface area contributed by atoms with Gasteiger partial charge in [0, 0.05) is 36.5 Å². The first-order valence-corrected chi connectivity index (χ1v) is 9.16. The van der Waals surface area contributed by atoms with Crippen molar-refractivity contribution < 1.29 is 13.7 Å². The third-order valence-electron chi connectivity index (χ3n) is 4.56. The van der Waals surface area contributed by atoms with Gasteiger partial charge in [0.2, 0.25) is 0 Å². The van der Waals surface area contributed by atoms with E-state index in [0.717, 1.165) is 16.6 Å². The molecule has 0 amide bonds. The third kappa shape index (κ3) is 4.39. The monoisotopic (exact) mass is 429 g/mol. The minimum absolute atomic E-state index is 0. The van der Waals surface area contributed by atoms with E-state index in [0.29, 0.717) is 47.3 Å². The second-order valence-corrected chi connectivity index (χ2v) is 6.71. The summed E-state index contributed by atoms with van der Waals surface area (Å²) in [7, 11) is 1.62. The van der Waals surface area contributed by atoms with Gasteiger partial charge in [0.15, 0.2) is 11.5 Å². The van der Waals surface area contributed by atoms with Crippen molar-refractivity contribution in [1.82, 2.24) is 20.1 Å². The van der Waals surface area contributed by atoms with Crippen LogP contribution in [0.2, 0.25) is 0 Å². The lowest BCUT2D eigenvalue weighted by atomic mass is 10.1. The average molecular weight is 430 g/mol. The van der Waals surface area contributed by atoms with Crippen LogP contribution in [-0.2, 0) is 11.2 Å². The van der Waals surface area contributed by atoms with Gasteiger partial charge in [-0.1, -0.05) is 11.2 Å². The van der Waals surface area contributed by atoms with E-state index in [9.17, 15) is 4.39 Å². The summed E-state index contributed by atoms with van der Waals surface area (Å²) in [5.74, 6) is 0.533. The second-order valence-electron chi connectivity index (χ2n) is 6.71. The molecule has 156 valence electrons. The van der Waals surface area contributed by atoms with Crippen LogP contribution < -0.4 is 5.32 Å². The van der Waals surface area contributed by atoms with Crippen LogP contribution in [0.5, 0.6) is 0 Å². The van der Waals surface area contributed by atoms with E-state index in [1.807, 2.05) is 26.0 Å². The molecule has 4 rings (SSSR count). The predicted molar refractivity (Wildman–Crippen MR) is 115 cm³/mol. The van der Waals surface area contributed by atoms with Gasteiger partial charge in [0.1, 0.15) is 5.82 Å². The summed E-state index contributed by atoms with van der Waals surface area (Å²) >= 11 is 0. The molecule has 0 aliphatic carbocycles. The van der Waals surface area contributed by atoms with Crippen LogP contribution in [0.1, 0.15) is 17.1 Å². The zero-order chi connectivity index (χ0) is 20.4. The highest BCUT2D eigenvalue weighted by atomic mass is 35.5. The summed E-state index contributed by atoms with van der Waals surface area (Å²) in [5, 5.41) is 8.10. The fourth-order valence-corrected chi connectivity index (χ4v) is 2.99. The molecule has 7 nitrogen and oxygen atoms in total. The van der Waals surface area contributed by atoms with Crippen molar-refractivity contribution >= 4 is 34.8 Å². The minimum atomic E-state index is -0.327. The van der Waals surface area contributed by atoms with Gasteiger partial charge in [-0.15, -0.1) is 12.4 Å². The molecule has 9 heteroatoms. The second kappa shape index (κ2) is 9.15. The molecule has 0 atom stereocenters. The maximum atomic E-state index is 13.8. The number of hydrogen-bond donors (Lipinski definition) is 1. The highest BCUT2D eigenvalue weighted by Gasteiger charge is 2.18. The van der Waals surface area contributed by atoms with Crippen molar-refractivity contribution in [1.29, 1.82) is 0 Å². The Bertz CT molecular complexity index is 1180. The Hall–Kier alpha value is -3.10. The van der Waals surface area contributed by atoms with Crippen LogP contribution in [0.3, 0.4) is 0 Å². The van der Waals surface area contributed by atoms with Crippen molar-refractivity contribution in [2.75, 3.05) is 19.0 Å². The summed E-state index contributed by atoms with van der Waals surface area (Å²) in [5.41, 5.74) is 4.25. The smallest absolute Gasteiger partial charge is 0.261 e. The molecule has 30 heavy (non-hydrogen) atoms. The molecule has 1 aromatic carbocycles. The van der Waals surface area contributed by atoms with E-state index < -0.39 is 0 Å². The van der Waals surface area contributed by atoms with Crippen LogP contribution in [0.15, 0.2) is 41.1 Å². The van der Waals surface area contributed by atoms with Crippen LogP contribution >= 0.6 is 12.4 Å². The molecule has 0 unspecified atom stereocenters. The summed E-state index contributed by atoms with van der Waals surface area (Å²) in [4.78, 5) is 13.4. The fourth-order valence-electron chi connectivity index (χ4n) is 2.99. The first-order chi connectivity index (χ1) is 14.0. The maximum Gasteiger partial charge on any atom is 0.261 e. The molecule has 0 aliphatic rings. The first kappa shape index (κ1) is 21.6. The number of benzene rings is 1. The molecular formula is C21H21ClFN5O2. The number of nitrogens with zero attached hydrogens (tertiary/aromatic N) is 4. The number of ether oxygens (including phenoxy) is 1. The molecule has 0 aliphatic heterocycles. The normalized spacial score (nSPS) is 10.8. The Morgan fingerprint density at radius 1 is 1.13 bits per heavy atom. The Morgan fingerprint density at radius 3 is 2.77 bits per heavy atom. The molecule has 0 saturated carbocycles. The van der Waals surface area contributed by atoms with E-state index in [4.69, 9.17) is 9.26 Å². The molecule has 3 heterocycles. The number of fused-ring (bicyclic) bond motifs is 1. The number of halogens is 2. The van der Waals surface area contributed by atoms with Gasteiger partial charge >= 0.3 is 0 Å². The Kier molecular flexibility index (Phi) is 6.59. The van der Waals surface area contributed by atoms with E-state index in [1.165, 1.54) is 12.1 Å². The van der Waals surface area contributed by atoms with Crippen LogP contribution in [0.25, 0.3) is 22.5 Å². The van der Waals surface area contributed by atoms with E-state index in [2.05, 4.69) is 25.4 Å². The number of nitrogens with one attached hydrogen (secondary N) is 1. The number of aromatic nitrogens is 4. The van der Waals surface area contributed by atoms with Crippen molar-refractivity contribution in [2.24, 2.45) is 0 Å². The van der Waals surface area contributed by atoms with Crippen LogP contribution in [0.4, 0.5) is 15.8 Å². The minimum Gasteiger partial charge on any atom is -0.384 e. The topological polar surface area (TPSA) is 86.0 Å². The van der Waals surface area contributed by atoms with Crippen molar-refractivity contribution in [3.8, 4) is 11.5 Å². The molecule has 0 radical (unpaired) electrons. The number of anilines is 2. The molecule has 4 aromatic rings. The number of rotatable bonds is 6. The summed E-state index contributed by atoms with van der Waals surface area (Å²) in [6.45, 7) is 4.30. The standard InChI is InChI=1S/C21H20FN5O2.ClH/c1-12-4-6-14(22)10-17(12)25-19-15-7-5-13(2)24-20(15)23-11-16(19)21-26-18(27-29-21)8-9-28-3;/h4-7,10-11H,8-9H2,1-3H3,(H,23,24,25);1H. The molecule has 0 bridgehead atoms. The Labute approximate surface area is 179 Å². The largest absolute Gasteiger partial charge is 0.384 e. The number of aryl methyl sites for hydroxylation is 2. The predicted octanol–water partition coefficient (Wildman–Crippen LogP) is 4.79. The Balaban J connectivity index is 0.00000256. The quantitative estimate of drug-likeness (QED) is 0.471. The molecule has 3 aromatic heterocycles. The zero-order valence-electron chi connectivity index (χ0n) is 16.8. The zero-order valence-corrected chi connectivity index (χ0v) is 17.6. The SMILES string of the molecule is COCCc1noc(-c2cnc3nc(C)ccc3c2Nc2cc(F)ccc2C)n1.Cl. The van der Waals surface area contributed by atoms with Crippen molar-refractivity contribution in [2.45, 2.75) is 20.3 Å². The molecule has 0 saturated heterocycles. The summed E-state index contributed by atoms with van der Waals surface area (Å²) in [6.07, 6.45) is 2.17. The molecule has 1 N–H and O–H groups in total. The van der Waals surface area contributed by atoms with Gasteiger partial charge in [-0.2, -0.15) is 4.98 Å². The average Bonchev–Trinajstić information content (AvgIpc) is 3.17. The van der Waals surface area contributed by atoms with Gasteiger partial charge in [-0.25, -0.2) is 14.4 Å². The van der Waals surface area contributed by atoms with Gasteiger partial charge < -0.3 is 14.6 Å². The van der Waals surface area contributed by atoms with Gasteiger partial charge in [-0.3, -0.25) is 0 Å². The highest BCUT2D eigenvalue weighted by Crippen LogP contribution is 2.35. The van der Waals surface area contributed by atoms with Crippen molar-refractivity contribution in [3.63, 3.8) is 0 Å². The van der Waals surface area contributed by atoms with E-state index >= 15 is 0 Å². The number of methoxy groups -OCH3 is 1. The fraction of sp³-hybridized carbons (Fsp3) is 0.238. The summed E-state index contributed by atoms with van der Waals surface area (Å²) in [6, 6.07) is 8.42. The number of pyridine rings is 2. The lowest BCUT2D eigenvalue weighted by Crippen LogP contribution is -2.00. The summed E-state index contributed by atoms with van der Waals surface area (Å²) < 4.78 is 24.4. The lowest BCUT2D eigenvalue weighted by Gasteiger charge is -2.14. The molecular weight excluding hydrogens is 409 g/mol. The van der Waals surface area contributed by atoms with Crippen LogP contribution in [0, 0.1) is 19.7 Å². The number of hydrogen-bond acceptors (Lipinski definition) is 7. The van der Waals surface area contributed by atoms with Crippen molar-refractivity contribution in [3.05, 3.63) is 59.4 Å². The first-order valence-electron chi connectivity index (χ1n) is 9.16. The maximum absolute atomic E-state index is 13.8. The third-order valence-corrected chi connectivity index (χ3v) is 4.56. The van der Waals surface area contributed by atoms with Crippen LogP contribution in [-0.4, -0.2) is 33.8 Å². The van der Waals surface area contributed by atoms with Gasteiger partial charge in [-0.05, 0) is 43.7 Å². The molecule has 0 spiro atoms. The lowest BCUT2D eigenvalue weighted by molar-refractivity contribution is 0.199.